The van der Waals surface area contributed by atoms with E-state index >= 15 is 0 Å². The van der Waals surface area contributed by atoms with Crippen LogP contribution in [0.15, 0.2) is 30.3 Å². The molecule has 0 spiro atoms. The maximum Gasteiger partial charge on any atom is 0.323 e. The second kappa shape index (κ2) is 6.77. The summed E-state index contributed by atoms with van der Waals surface area (Å²) >= 11 is 0. The molecule has 5 nitrogen and oxygen atoms in total. The number of piperazine rings is 1. The summed E-state index contributed by atoms with van der Waals surface area (Å²) in [6.07, 6.45) is 0.380. The topological polar surface area (TPSA) is 53.0 Å². The number of aliphatic hydroxyl groups is 1. The number of nitrogens with zero attached hydrogens (tertiary/aromatic N) is 2. The van der Waals surface area contributed by atoms with E-state index in [1.807, 2.05) is 37.3 Å². The molecule has 2 saturated heterocycles. The standard InChI is InChI=1S/C17H24N2O3/c1-13-11-15(17(21)22-13)19-9-7-18(8-10-19)12-16(20)14-5-3-2-4-6-14/h2-6,13,15-16,20H,7-12H2,1H3/t13-,15-,16+/m1/s1. The first-order valence-corrected chi connectivity index (χ1v) is 8.03. The van der Waals surface area contributed by atoms with Crippen molar-refractivity contribution in [3.05, 3.63) is 35.9 Å². The van der Waals surface area contributed by atoms with Gasteiger partial charge in [0.25, 0.3) is 0 Å². The monoisotopic (exact) mass is 304 g/mol. The molecule has 120 valence electrons. The zero-order valence-electron chi connectivity index (χ0n) is 13.0. The van der Waals surface area contributed by atoms with Crippen LogP contribution in [0, 0.1) is 0 Å². The summed E-state index contributed by atoms with van der Waals surface area (Å²) in [7, 11) is 0. The summed E-state index contributed by atoms with van der Waals surface area (Å²) in [5, 5.41) is 10.3. The Balaban J connectivity index is 1.49. The van der Waals surface area contributed by atoms with Gasteiger partial charge in [0.2, 0.25) is 0 Å². The van der Waals surface area contributed by atoms with Crippen LogP contribution in [0.4, 0.5) is 0 Å². The zero-order valence-corrected chi connectivity index (χ0v) is 13.0. The highest BCUT2D eigenvalue weighted by Crippen LogP contribution is 2.22. The molecular weight excluding hydrogens is 280 g/mol. The summed E-state index contributed by atoms with van der Waals surface area (Å²) in [6.45, 7) is 6.06. The molecule has 2 heterocycles. The third-order valence-corrected chi connectivity index (χ3v) is 4.61. The van der Waals surface area contributed by atoms with Crippen LogP contribution in [0.3, 0.4) is 0 Å². The predicted molar refractivity (Wildman–Crippen MR) is 83.4 cm³/mol. The average Bonchev–Trinajstić information content (AvgIpc) is 2.87. The van der Waals surface area contributed by atoms with Gasteiger partial charge in [-0.15, -0.1) is 0 Å². The normalized spacial score (nSPS) is 28.5. The van der Waals surface area contributed by atoms with Gasteiger partial charge < -0.3 is 9.84 Å². The van der Waals surface area contributed by atoms with Crippen molar-refractivity contribution in [2.45, 2.75) is 31.6 Å². The van der Waals surface area contributed by atoms with Gasteiger partial charge in [-0.3, -0.25) is 14.6 Å². The van der Waals surface area contributed by atoms with E-state index in [4.69, 9.17) is 4.74 Å². The van der Waals surface area contributed by atoms with Crippen molar-refractivity contribution < 1.29 is 14.6 Å². The number of carbonyl (C=O) groups excluding carboxylic acids is 1. The Bertz CT molecular complexity index is 500. The Hall–Kier alpha value is -1.43. The van der Waals surface area contributed by atoms with E-state index in [1.54, 1.807) is 0 Å². The van der Waals surface area contributed by atoms with Gasteiger partial charge >= 0.3 is 5.97 Å². The highest BCUT2D eigenvalue weighted by atomic mass is 16.6. The van der Waals surface area contributed by atoms with Crippen molar-refractivity contribution in [3.63, 3.8) is 0 Å². The minimum atomic E-state index is -0.454. The van der Waals surface area contributed by atoms with Gasteiger partial charge in [-0.1, -0.05) is 30.3 Å². The van der Waals surface area contributed by atoms with Crippen LogP contribution in [0.1, 0.15) is 25.0 Å². The summed E-state index contributed by atoms with van der Waals surface area (Å²) in [5.41, 5.74) is 0.957. The van der Waals surface area contributed by atoms with Crippen LogP contribution >= 0.6 is 0 Å². The molecule has 22 heavy (non-hydrogen) atoms. The van der Waals surface area contributed by atoms with Crippen LogP contribution in [-0.4, -0.2) is 65.7 Å². The molecule has 0 aliphatic carbocycles. The number of aliphatic hydroxyl groups excluding tert-OH is 1. The van der Waals surface area contributed by atoms with Crippen LogP contribution in [0.2, 0.25) is 0 Å². The van der Waals surface area contributed by atoms with E-state index in [2.05, 4.69) is 9.80 Å². The number of rotatable bonds is 4. The maximum atomic E-state index is 11.8. The lowest BCUT2D eigenvalue weighted by atomic mass is 10.1. The predicted octanol–water partition coefficient (Wildman–Crippen LogP) is 1.04. The molecule has 1 aromatic rings. The van der Waals surface area contributed by atoms with Gasteiger partial charge in [0.15, 0.2) is 0 Å². The Morgan fingerprint density at radius 3 is 2.50 bits per heavy atom. The molecule has 2 fully saturated rings. The van der Waals surface area contributed by atoms with Crippen molar-refractivity contribution in [1.29, 1.82) is 0 Å². The first-order chi connectivity index (χ1) is 10.6. The molecule has 2 aliphatic heterocycles. The molecule has 0 radical (unpaired) electrons. The van der Waals surface area contributed by atoms with Crippen LogP contribution in [0.25, 0.3) is 0 Å². The van der Waals surface area contributed by atoms with Crippen molar-refractivity contribution >= 4 is 5.97 Å². The Kier molecular flexibility index (Phi) is 4.76. The van der Waals surface area contributed by atoms with E-state index < -0.39 is 6.10 Å². The summed E-state index contributed by atoms with van der Waals surface area (Å²) in [5.74, 6) is -0.0785. The molecule has 1 aromatic carbocycles. The lowest BCUT2D eigenvalue weighted by Crippen LogP contribution is -2.52. The molecular formula is C17H24N2O3. The minimum Gasteiger partial charge on any atom is -0.461 e. The van der Waals surface area contributed by atoms with E-state index in [9.17, 15) is 9.90 Å². The summed E-state index contributed by atoms with van der Waals surface area (Å²) in [6, 6.07) is 9.69. The first-order valence-electron chi connectivity index (χ1n) is 8.03. The van der Waals surface area contributed by atoms with E-state index in [1.165, 1.54) is 0 Å². The molecule has 3 rings (SSSR count). The van der Waals surface area contributed by atoms with Gasteiger partial charge in [-0.25, -0.2) is 0 Å². The average molecular weight is 304 g/mol. The highest BCUT2D eigenvalue weighted by molar-refractivity contribution is 5.78. The number of benzene rings is 1. The SMILES string of the molecule is C[C@@H]1C[C@@H](N2CCN(C[C@H](O)c3ccccc3)CC2)C(=O)O1. The first kappa shape index (κ1) is 15.5. The number of ether oxygens (including phenoxy) is 1. The zero-order chi connectivity index (χ0) is 15.5. The van der Waals surface area contributed by atoms with Crippen molar-refractivity contribution in [2.75, 3.05) is 32.7 Å². The minimum absolute atomic E-state index is 0.0374. The lowest BCUT2D eigenvalue weighted by Gasteiger charge is -2.37. The second-order valence-corrected chi connectivity index (χ2v) is 6.26. The summed E-state index contributed by atoms with van der Waals surface area (Å²) < 4.78 is 5.24. The smallest absolute Gasteiger partial charge is 0.323 e. The molecule has 2 aliphatic rings. The quantitative estimate of drug-likeness (QED) is 0.843. The van der Waals surface area contributed by atoms with Crippen molar-refractivity contribution in [2.24, 2.45) is 0 Å². The largest absolute Gasteiger partial charge is 0.461 e. The Morgan fingerprint density at radius 2 is 1.91 bits per heavy atom. The van der Waals surface area contributed by atoms with Crippen molar-refractivity contribution in [3.8, 4) is 0 Å². The number of carbonyl (C=O) groups is 1. The number of β-amino-alcohol motifs (C(OH)–C–C–N with tert-alkyl or cyclic N) is 1. The molecule has 0 bridgehead atoms. The molecule has 0 aromatic heterocycles. The fourth-order valence-corrected chi connectivity index (χ4v) is 3.32. The fourth-order valence-electron chi connectivity index (χ4n) is 3.32. The number of esters is 1. The van der Waals surface area contributed by atoms with E-state index in [-0.39, 0.29) is 18.1 Å². The van der Waals surface area contributed by atoms with Gasteiger partial charge in [-0.2, -0.15) is 0 Å². The molecule has 0 amide bonds. The molecule has 0 unspecified atom stereocenters. The summed E-state index contributed by atoms with van der Waals surface area (Å²) in [4.78, 5) is 16.3. The molecule has 5 heteroatoms. The van der Waals surface area contributed by atoms with Crippen LogP contribution in [0.5, 0.6) is 0 Å². The van der Waals surface area contributed by atoms with Gasteiger partial charge in [0.1, 0.15) is 12.1 Å². The molecule has 3 atom stereocenters. The van der Waals surface area contributed by atoms with E-state index in [0.717, 1.165) is 38.2 Å². The third-order valence-electron chi connectivity index (χ3n) is 4.61. The Morgan fingerprint density at radius 1 is 1.23 bits per heavy atom. The van der Waals surface area contributed by atoms with Crippen molar-refractivity contribution in [1.82, 2.24) is 9.80 Å². The van der Waals surface area contributed by atoms with Gasteiger partial charge in [0, 0.05) is 39.1 Å². The van der Waals surface area contributed by atoms with Crippen LogP contribution < -0.4 is 0 Å². The van der Waals surface area contributed by atoms with Gasteiger partial charge in [0.05, 0.1) is 6.10 Å². The second-order valence-electron chi connectivity index (χ2n) is 6.26. The van der Waals surface area contributed by atoms with E-state index in [0.29, 0.717) is 6.54 Å². The Labute approximate surface area is 131 Å². The lowest BCUT2D eigenvalue weighted by molar-refractivity contribution is -0.145. The number of hydrogen-bond acceptors (Lipinski definition) is 5. The van der Waals surface area contributed by atoms with Crippen LogP contribution in [-0.2, 0) is 9.53 Å². The molecule has 1 N–H and O–H groups in total. The number of hydrogen-bond donors (Lipinski definition) is 1. The fraction of sp³-hybridized carbons (Fsp3) is 0.588. The number of cyclic esters (lactones) is 1. The molecule has 0 saturated carbocycles. The maximum absolute atomic E-state index is 11.8. The third kappa shape index (κ3) is 3.48. The highest BCUT2D eigenvalue weighted by Gasteiger charge is 2.37. The van der Waals surface area contributed by atoms with Gasteiger partial charge in [-0.05, 0) is 12.5 Å².